The fourth-order valence-electron chi connectivity index (χ4n) is 5.53. The van der Waals surface area contributed by atoms with Crippen LogP contribution >= 0.6 is 0 Å². The Morgan fingerprint density at radius 2 is 1.28 bits per heavy atom. The summed E-state index contributed by atoms with van der Waals surface area (Å²) < 4.78 is 104. The van der Waals surface area contributed by atoms with Gasteiger partial charge >= 0.3 is 17.1 Å². The van der Waals surface area contributed by atoms with Gasteiger partial charge in [0.25, 0.3) is 0 Å². The van der Waals surface area contributed by atoms with Crippen LogP contribution in [0, 0.1) is 23.2 Å². The van der Waals surface area contributed by atoms with Crippen LogP contribution in [-0.4, -0.2) is 31.3 Å². The molecule has 0 N–H and O–H groups in total. The van der Waals surface area contributed by atoms with E-state index in [4.69, 9.17) is 0 Å². The van der Waals surface area contributed by atoms with Gasteiger partial charge in [0.2, 0.25) is 9.84 Å². The third-order valence-corrected chi connectivity index (χ3v) is 8.15. The Bertz CT molecular complexity index is 602. The van der Waals surface area contributed by atoms with Crippen molar-refractivity contribution in [2.24, 2.45) is 23.2 Å². The van der Waals surface area contributed by atoms with E-state index in [0.717, 1.165) is 38.5 Å². The number of sulfone groups is 1. The highest BCUT2D eigenvalue weighted by molar-refractivity contribution is 7.92. The predicted octanol–water partition coefficient (Wildman–Crippen LogP) is 4.89. The molecule has 4 fully saturated rings. The first-order chi connectivity index (χ1) is 11.2. The highest BCUT2D eigenvalue weighted by Crippen LogP contribution is 2.61. The third kappa shape index (κ3) is 2.98. The van der Waals surface area contributed by atoms with Crippen LogP contribution in [0.1, 0.15) is 51.9 Å². The molecule has 0 saturated heterocycles. The summed E-state index contributed by atoms with van der Waals surface area (Å²) in [7, 11) is -5.71. The van der Waals surface area contributed by atoms with E-state index < -0.39 is 45.0 Å². The molecule has 0 aromatic heterocycles. The number of hydrogen-bond donors (Lipinski definition) is 0. The van der Waals surface area contributed by atoms with Gasteiger partial charge in [-0.15, -0.1) is 0 Å². The van der Waals surface area contributed by atoms with E-state index in [1.165, 1.54) is 0 Å². The smallest absolute Gasteiger partial charge is 0.222 e. The Kier molecular flexibility index (Phi) is 4.26. The molecular weight excluding hydrogens is 370 g/mol. The number of rotatable bonds is 6. The maximum Gasteiger partial charge on any atom is 0.413 e. The van der Waals surface area contributed by atoms with Crippen molar-refractivity contribution in [1.29, 1.82) is 0 Å². The molecule has 0 aliphatic heterocycles. The first kappa shape index (κ1) is 19.3. The summed E-state index contributed by atoms with van der Waals surface area (Å²) in [4.78, 5) is 0. The predicted molar refractivity (Wildman–Crippen MR) is 79.5 cm³/mol. The van der Waals surface area contributed by atoms with E-state index in [-0.39, 0.29) is 6.42 Å². The molecular formula is C16H22F6O2S. The Hall–Kier alpha value is -0.470. The molecule has 0 aromatic rings. The van der Waals surface area contributed by atoms with E-state index >= 15 is 0 Å². The molecule has 25 heavy (non-hydrogen) atoms. The molecule has 0 aromatic carbocycles. The minimum absolute atomic E-state index is 0.153. The molecule has 146 valence electrons. The van der Waals surface area contributed by atoms with Gasteiger partial charge < -0.3 is 0 Å². The van der Waals surface area contributed by atoms with Gasteiger partial charge in [0.1, 0.15) is 0 Å². The van der Waals surface area contributed by atoms with Crippen LogP contribution in [0.25, 0.3) is 0 Å². The van der Waals surface area contributed by atoms with Crippen LogP contribution in [0.15, 0.2) is 0 Å². The summed E-state index contributed by atoms with van der Waals surface area (Å²) in [6.07, 6.45) is 5.19. The van der Waals surface area contributed by atoms with Crippen LogP contribution in [0.4, 0.5) is 26.3 Å². The molecule has 4 saturated carbocycles. The van der Waals surface area contributed by atoms with Crippen LogP contribution in [-0.2, 0) is 9.84 Å². The zero-order chi connectivity index (χ0) is 18.9. The van der Waals surface area contributed by atoms with E-state index in [0.29, 0.717) is 17.8 Å². The van der Waals surface area contributed by atoms with Gasteiger partial charge in [-0.2, -0.15) is 26.3 Å². The van der Waals surface area contributed by atoms with Crippen molar-refractivity contribution in [3.63, 3.8) is 0 Å². The van der Waals surface area contributed by atoms with Crippen LogP contribution in [0.5, 0.6) is 0 Å². The van der Waals surface area contributed by atoms with Crippen molar-refractivity contribution in [2.45, 2.75) is 69.0 Å². The number of hydrogen-bond acceptors (Lipinski definition) is 2. The first-order valence-corrected chi connectivity index (χ1v) is 10.2. The Morgan fingerprint density at radius 1 is 0.880 bits per heavy atom. The summed E-state index contributed by atoms with van der Waals surface area (Å²) >= 11 is 0. The van der Waals surface area contributed by atoms with E-state index in [1.807, 2.05) is 0 Å². The molecule has 0 atom stereocenters. The van der Waals surface area contributed by atoms with E-state index in [1.54, 1.807) is 0 Å². The van der Waals surface area contributed by atoms with Gasteiger partial charge in [-0.05, 0) is 68.1 Å². The number of halogens is 6. The molecule has 0 radical (unpaired) electrons. The maximum absolute atomic E-state index is 13.8. The third-order valence-electron chi connectivity index (χ3n) is 6.37. The average Bonchev–Trinajstić information content (AvgIpc) is 2.42. The molecule has 0 heterocycles. The molecule has 9 heteroatoms. The van der Waals surface area contributed by atoms with Crippen molar-refractivity contribution in [1.82, 2.24) is 0 Å². The fourth-order valence-corrected chi connectivity index (χ4v) is 7.05. The second-order valence-electron chi connectivity index (χ2n) is 8.47. The molecule has 0 amide bonds. The lowest BCUT2D eigenvalue weighted by Gasteiger charge is -2.57. The molecule has 4 rings (SSSR count). The summed E-state index contributed by atoms with van der Waals surface area (Å²) in [6.45, 7) is -0.393. The van der Waals surface area contributed by atoms with E-state index in [2.05, 4.69) is 0 Å². The van der Waals surface area contributed by atoms with Crippen LogP contribution in [0.3, 0.4) is 0 Å². The minimum atomic E-state index is -5.94. The summed E-state index contributed by atoms with van der Waals surface area (Å²) in [5.74, 6) is -10.9. The van der Waals surface area contributed by atoms with Crippen LogP contribution in [0.2, 0.25) is 0 Å². The van der Waals surface area contributed by atoms with Gasteiger partial charge in [-0.25, -0.2) is 8.42 Å². The second kappa shape index (κ2) is 5.52. The zero-order valence-electron chi connectivity index (χ0n) is 13.9. The standard InChI is InChI=1S/C16H22F6O2S/c1-13(17,18)15(19,20)16(21,22)25(23,24)3-2-14-7-10-4-11(8-14)6-12(5-10)9-14/h10-12H,2-9H2,1H3. The van der Waals surface area contributed by atoms with Crippen molar-refractivity contribution < 1.29 is 34.8 Å². The second-order valence-corrected chi connectivity index (χ2v) is 10.6. The monoisotopic (exact) mass is 392 g/mol. The molecule has 0 unspecified atom stereocenters. The molecule has 0 spiro atoms. The van der Waals surface area contributed by atoms with Gasteiger partial charge in [-0.1, -0.05) is 0 Å². The Labute approximate surface area is 143 Å². The van der Waals surface area contributed by atoms with Crippen molar-refractivity contribution in [3.8, 4) is 0 Å². The first-order valence-electron chi connectivity index (χ1n) is 8.55. The van der Waals surface area contributed by atoms with Gasteiger partial charge in [-0.3, -0.25) is 0 Å². The van der Waals surface area contributed by atoms with E-state index in [9.17, 15) is 34.8 Å². The lowest BCUT2D eigenvalue weighted by Crippen LogP contribution is -2.57. The van der Waals surface area contributed by atoms with Crippen molar-refractivity contribution in [2.75, 3.05) is 5.75 Å². The Morgan fingerprint density at radius 3 is 1.64 bits per heavy atom. The zero-order valence-corrected chi connectivity index (χ0v) is 14.7. The molecule has 4 aliphatic carbocycles. The minimum Gasteiger partial charge on any atom is -0.222 e. The lowest BCUT2D eigenvalue weighted by molar-refractivity contribution is -0.271. The van der Waals surface area contributed by atoms with Gasteiger partial charge in [0.05, 0.1) is 5.75 Å². The van der Waals surface area contributed by atoms with Crippen molar-refractivity contribution in [3.05, 3.63) is 0 Å². The van der Waals surface area contributed by atoms with Crippen LogP contribution < -0.4 is 0 Å². The van der Waals surface area contributed by atoms with Gasteiger partial charge in [0.15, 0.2) is 0 Å². The quantitative estimate of drug-likeness (QED) is 0.603. The van der Waals surface area contributed by atoms with Crippen molar-refractivity contribution >= 4 is 9.84 Å². The number of alkyl halides is 6. The lowest BCUT2D eigenvalue weighted by atomic mass is 9.49. The highest BCUT2D eigenvalue weighted by atomic mass is 32.2. The molecule has 2 nitrogen and oxygen atoms in total. The summed E-state index contributed by atoms with van der Waals surface area (Å²) in [5, 5.41) is -5.79. The maximum atomic E-state index is 13.8. The molecule has 4 aliphatic rings. The highest BCUT2D eigenvalue weighted by Gasteiger charge is 2.75. The topological polar surface area (TPSA) is 34.1 Å². The SMILES string of the molecule is CC(F)(F)C(F)(F)C(F)(F)S(=O)(=O)CCC12CC3CC(CC(C3)C1)C2. The Balaban J connectivity index is 1.76. The largest absolute Gasteiger partial charge is 0.413 e. The average molecular weight is 392 g/mol. The summed E-state index contributed by atoms with van der Waals surface area (Å²) in [5.41, 5.74) is -0.415. The van der Waals surface area contributed by atoms with Gasteiger partial charge in [0, 0.05) is 6.92 Å². The summed E-state index contributed by atoms with van der Waals surface area (Å²) in [6, 6.07) is 0. The molecule has 4 bridgehead atoms. The fraction of sp³-hybridized carbons (Fsp3) is 1.00. The normalized spacial score (nSPS) is 36.0.